The van der Waals surface area contributed by atoms with Gasteiger partial charge in [-0.1, -0.05) is 29.3 Å². The minimum Gasteiger partial charge on any atom is -0.619 e. The molecule has 1 fully saturated rings. The molecule has 1 aliphatic carbocycles. The second-order valence-electron chi connectivity index (χ2n) is 8.26. The molecule has 1 aliphatic rings. The first-order valence-corrected chi connectivity index (χ1v) is 12.9. The zero-order chi connectivity index (χ0) is 27.2. The zero-order valence-electron chi connectivity index (χ0n) is 19.5. The van der Waals surface area contributed by atoms with Crippen molar-refractivity contribution in [3.05, 3.63) is 73.6 Å². The number of alkyl halides is 2. The normalized spacial score (nSPS) is 13.7. The average Bonchev–Trinajstić information content (AvgIpc) is 3.52. The molecule has 9 nitrogen and oxygen atoms in total. The van der Waals surface area contributed by atoms with E-state index in [1.165, 1.54) is 29.9 Å². The summed E-state index contributed by atoms with van der Waals surface area (Å²) in [6.45, 7) is -3.48. The third-order valence-corrected chi connectivity index (χ3v) is 6.81. The molecule has 2 heterocycles. The maximum absolute atomic E-state index is 13.0. The lowest BCUT2D eigenvalue weighted by Gasteiger charge is -2.21. The number of halogens is 4. The van der Waals surface area contributed by atoms with Crippen molar-refractivity contribution in [2.75, 3.05) is 13.2 Å². The number of pyridine rings is 1. The smallest absolute Gasteiger partial charge is 0.387 e. The van der Waals surface area contributed by atoms with E-state index in [2.05, 4.69) is 9.72 Å². The van der Waals surface area contributed by atoms with Crippen LogP contribution in [0, 0.1) is 11.1 Å². The van der Waals surface area contributed by atoms with Gasteiger partial charge in [0.05, 0.1) is 18.3 Å². The third kappa shape index (κ3) is 7.65. The van der Waals surface area contributed by atoms with Crippen molar-refractivity contribution >= 4 is 46.5 Å². The van der Waals surface area contributed by atoms with Gasteiger partial charge in [-0.2, -0.15) is 13.5 Å². The lowest BCUT2D eigenvalue weighted by Crippen LogP contribution is -2.26. The molecule has 0 bridgehead atoms. The molecule has 3 aromatic rings. The lowest BCUT2D eigenvalue weighted by molar-refractivity contribution is -0.605. The van der Waals surface area contributed by atoms with E-state index in [1.54, 1.807) is 0 Å². The number of benzene rings is 1. The summed E-state index contributed by atoms with van der Waals surface area (Å²) >= 11 is 13.5. The van der Waals surface area contributed by atoms with Gasteiger partial charge < -0.3 is 24.2 Å². The van der Waals surface area contributed by atoms with Crippen LogP contribution < -0.4 is 14.2 Å². The Morgan fingerprint density at radius 3 is 2.55 bits per heavy atom. The van der Waals surface area contributed by atoms with E-state index in [0.717, 1.165) is 36.6 Å². The van der Waals surface area contributed by atoms with Crippen molar-refractivity contribution in [1.29, 1.82) is 0 Å². The molecule has 0 saturated heterocycles. The Labute approximate surface area is 229 Å². The summed E-state index contributed by atoms with van der Waals surface area (Å²) in [5.74, 6) is -1.48. The molecule has 0 radical (unpaired) electrons. The Hall–Kier alpha value is -3.22. The molecule has 1 unspecified atom stereocenters. The second kappa shape index (κ2) is 12.5. The Bertz CT molecular complexity index is 1270. The molecule has 0 aliphatic heterocycles. The highest BCUT2D eigenvalue weighted by Crippen LogP contribution is 2.37. The fraction of sp³-hybridized carbons (Fsp3) is 0.333. The average molecular weight is 589 g/mol. The molecular weight excluding hydrogens is 569 g/mol. The number of esters is 2. The van der Waals surface area contributed by atoms with Gasteiger partial charge in [-0.15, -0.1) is 11.3 Å². The number of carbonyl (C=O) groups excluding carboxylic acids is 2. The predicted molar refractivity (Wildman–Crippen MR) is 132 cm³/mol. The zero-order valence-corrected chi connectivity index (χ0v) is 21.8. The molecule has 1 atom stereocenters. The molecule has 1 saturated carbocycles. The quantitative estimate of drug-likeness (QED) is 0.162. The molecule has 0 spiro atoms. The van der Waals surface area contributed by atoms with Crippen LogP contribution in [0.25, 0.3) is 0 Å². The summed E-state index contributed by atoms with van der Waals surface area (Å²) in [6, 6.07) is 4.11. The monoisotopic (exact) mass is 588 g/mol. The van der Waals surface area contributed by atoms with E-state index in [9.17, 15) is 23.6 Å². The first kappa shape index (κ1) is 27.8. The van der Waals surface area contributed by atoms with Gasteiger partial charge in [-0.05, 0) is 36.5 Å². The Morgan fingerprint density at radius 2 is 1.92 bits per heavy atom. The van der Waals surface area contributed by atoms with E-state index in [0.29, 0.717) is 28.4 Å². The van der Waals surface area contributed by atoms with Crippen LogP contribution in [0.1, 0.15) is 39.7 Å². The van der Waals surface area contributed by atoms with Crippen LogP contribution in [0.3, 0.4) is 0 Å². The number of ether oxygens (including phenoxy) is 4. The fourth-order valence-corrected chi connectivity index (χ4v) is 4.48. The number of hydrogen-bond donors (Lipinski definition) is 0. The van der Waals surface area contributed by atoms with Crippen LogP contribution in [-0.4, -0.2) is 36.7 Å². The summed E-state index contributed by atoms with van der Waals surface area (Å²) in [6.07, 6.45) is 4.24. The fourth-order valence-electron chi connectivity index (χ4n) is 3.37. The van der Waals surface area contributed by atoms with Crippen LogP contribution in [0.15, 0.2) is 42.3 Å². The van der Waals surface area contributed by atoms with Crippen molar-refractivity contribution in [2.24, 2.45) is 5.92 Å². The van der Waals surface area contributed by atoms with Crippen LogP contribution >= 0.6 is 34.5 Å². The van der Waals surface area contributed by atoms with E-state index < -0.39 is 31.3 Å². The first-order chi connectivity index (χ1) is 18.2. The third-order valence-electron chi connectivity index (χ3n) is 5.40. The number of carbonyl (C=O) groups is 2. The highest BCUT2D eigenvalue weighted by molar-refractivity contribution is 7.11. The Morgan fingerprint density at radius 1 is 1.18 bits per heavy atom. The van der Waals surface area contributed by atoms with Gasteiger partial charge in [-0.3, -0.25) is 4.98 Å². The molecule has 0 amide bonds. The molecule has 1 aromatic carbocycles. The molecular formula is C24H20Cl2F2N2O7S. The summed E-state index contributed by atoms with van der Waals surface area (Å²) in [5, 5.41) is 11.7. The van der Waals surface area contributed by atoms with E-state index in [1.807, 2.05) is 0 Å². The highest BCUT2D eigenvalue weighted by atomic mass is 35.5. The predicted octanol–water partition coefficient (Wildman–Crippen LogP) is 5.16. The molecule has 0 N–H and O–H groups in total. The summed E-state index contributed by atoms with van der Waals surface area (Å²) < 4.78 is 47.2. The van der Waals surface area contributed by atoms with Crippen molar-refractivity contribution < 1.29 is 42.0 Å². The van der Waals surface area contributed by atoms with Gasteiger partial charge >= 0.3 is 18.6 Å². The lowest BCUT2D eigenvalue weighted by atomic mass is 10.0. The molecule has 2 aromatic heterocycles. The maximum Gasteiger partial charge on any atom is 0.387 e. The highest BCUT2D eigenvalue weighted by Gasteiger charge is 2.27. The van der Waals surface area contributed by atoms with Gasteiger partial charge in [0.1, 0.15) is 21.0 Å². The SMILES string of the molecule is O=C(COC(=O)c1cncs1)OC(Cc1c(Cl)c[n+]([O-])cc1Cl)c1ccc(OC(F)F)c(OCC2CC2)c1. The van der Waals surface area contributed by atoms with Crippen LogP contribution in [0.4, 0.5) is 8.78 Å². The number of nitrogens with zero attached hydrogens (tertiary/aromatic N) is 2. The molecule has 4 rings (SSSR count). The first-order valence-electron chi connectivity index (χ1n) is 11.2. The Kier molecular flexibility index (Phi) is 9.18. The summed E-state index contributed by atoms with van der Waals surface area (Å²) in [7, 11) is 0. The molecule has 38 heavy (non-hydrogen) atoms. The Balaban J connectivity index is 1.58. The van der Waals surface area contributed by atoms with E-state index in [-0.39, 0.29) is 32.8 Å². The standard InChI is InChI=1S/C24H20Cl2F2N2O7S/c25-16-8-30(33)9-17(26)15(16)6-19(36-22(31)11-35-23(32)21-7-29-12-38-21)14-3-4-18(37-24(27)28)20(5-14)34-10-13-1-2-13/h3-5,7-9,12-13,19,24H,1-2,6,10-11H2. The van der Waals surface area contributed by atoms with Gasteiger partial charge in [0.15, 0.2) is 30.5 Å². The molecule has 202 valence electrons. The molecule has 14 heteroatoms. The summed E-state index contributed by atoms with van der Waals surface area (Å²) in [5.41, 5.74) is 2.08. The van der Waals surface area contributed by atoms with Gasteiger partial charge in [0.25, 0.3) is 0 Å². The minimum atomic E-state index is -3.08. The number of thiazole rings is 1. The van der Waals surface area contributed by atoms with Gasteiger partial charge in [-0.25, -0.2) is 9.59 Å². The number of rotatable bonds is 12. The van der Waals surface area contributed by atoms with Crippen molar-refractivity contribution in [3.63, 3.8) is 0 Å². The van der Waals surface area contributed by atoms with Crippen LogP contribution in [-0.2, 0) is 20.7 Å². The van der Waals surface area contributed by atoms with E-state index in [4.69, 9.17) is 37.4 Å². The topological polar surface area (TPSA) is 111 Å². The second-order valence-corrected chi connectivity index (χ2v) is 9.96. The number of aromatic nitrogens is 2. The largest absolute Gasteiger partial charge is 0.619 e. The number of hydrogen-bond acceptors (Lipinski definition) is 9. The van der Waals surface area contributed by atoms with Crippen molar-refractivity contribution in [1.82, 2.24) is 4.98 Å². The van der Waals surface area contributed by atoms with Gasteiger partial charge in [0.2, 0.25) is 0 Å². The van der Waals surface area contributed by atoms with E-state index >= 15 is 0 Å². The summed E-state index contributed by atoms with van der Waals surface area (Å²) in [4.78, 5) is 28.7. The van der Waals surface area contributed by atoms with Crippen LogP contribution in [0.5, 0.6) is 11.5 Å². The van der Waals surface area contributed by atoms with Gasteiger partial charge in [0, 0.05) is 12.0 Å². The minimum absolute atomic E-state index is 0.0213. The van der Waals surface area contributed by atoms with Crippen LogP contribution in [0.2, 0.25) is 10.0 Å². The van der Waals surface area contributed by atoms with Crippen molar-refractivity contribution in [3.8, 4) is 11.5 Å². The van der Waals surface area contributed by atoms with Crippen molar-refractivity contribution in [2.45, 2.75) is 32.0 Å². The maximum atomic E-state index is 13.0.